The molecule has 0 saturated carbocycles. The lowest BCUT2D eigenvalue weighted by Gasteiger charge is -2.00. The van der Waals surface area contributed by atoms with E-state index in [-0.39, 0.29) is 5.97 Å². The van der Waals surface area contributed by atoms with Crippen LogP contribution in [0.15, 0.2) is 24.3 Å². The summed E-state index contributed by atoms with van der Waals surface area (Å²) >= 11 is 0. The van der Waals surface area contributed by atoms with Gasteiger partial charge in [0, 0.05) is 6.42 Å². The lowest BCUT2D eigenvalue weighted by Crippen LogP contribution is -2.01. The van der Waals surface area contributed by atoms with Crippen LogP contribution in [0.3, 0.4) is 0 Å². The van der Waals surface area contributed by atoms with Crippen molar-refractivity contribution in [2.45, 2.75) is 6.42 Å². The van der Waals surface area contributed by atoms with Gasteiger partial charge in [-0.15, -0.1) is 0 Å². The van der Waals surface area contributed by atoms with Crippen LogP contribution in [0.2, 0.25) is 0 Å². The summed E-state index contributed by atoms with van der Waals surface area (Å²) in [6, 6.07) is 6.83. The molecule has 0 aliphatic rings. The number of carbonyl (C=O) groups is 2. The van der Waals surface area contributed by atoms with Crippen molar-refractivity contribution < 1.29 is 14.3 Å². The molecule has 0 spiro atoms. The summed E-state index contributed by atoms with van der Waals surface area (Å²) in [5, 5.41) is 0. The van der Waals surface area contributed by atoms with Crippen LogP contribution in [-0.2, 0) is 16.0 Å². The third-order valence-electron chi connectivity index (χ3n) is 1.67. The summed E-state index contributed by atoms with van der Waals surface area (Å²) in [7, 11) is 1.33. The fraction of sp³-hybridized carbons (Fsp3) is 0.200. The fourth-order valence-corrected chi connectivity index (χ4v) is 1.04. The van der Waals surface area contributed by atoms with Crippen molar-refractivity contribution in [3.05, 3.63) is 35.4 Å². The van der Waals surface area contributed by atoms with Gasteiger partial charge in [-0.25, -0.2) is 4.79 Å². The van der Waals surface area contributed by atoms with Gasteiger partial charge in [-0.3, -0.25) is 0 Å². The van der Waals surface area contributed by atoms with Gasteiger partial charge in [-0.05, 0) is 17.7 Å². The Bertz CT molecular complexity index is 318. The SMILES string of the molecule is COC(=O)c1cccc(CC=O)c1. The van der Waals surface area contributed by atoms with E-state index in [1.54, 1.807) is 24.3 Å². The molecule has 0 heterocycles. The van der Waals surface area contributed by atoms with Crippen LogP contribution in [-0.4, -0.2) is 19.4 Å². The lowest BCUT2D eigenvalue weighted by atomic mass is 10.1. The van der Waals surface area contributed by atoms with Gasteiger partial charge in [0.2, 0.25) is 0 Å². The quantitative estimate of drug-likeness (QED) is 0.516. The van der Waals surface area contributed by atoms with Gasteiger partial charge in [0.1, 0.15) is 6.29 Å². The van der Waals surface area contributed by atoms with Crippen molar-refractivity contribution in [1.29, 1.82) is 0 Å². The van der Waals surface area contributed by atoms with Gasteiger partial charge >= 0.3 is 5.97 Å². The molecule has 0 N–H and O–H groups in total. The Morgan fingerprint density at radius 3 is 2.92 bits per heavy atom. The highest BCUT2D eigenvalue weighted by molar-refractivity contribution is 5.89. The minimum Gasteiger partial charge on any atom is -0.465 e. The Balaban J connectivity index is 2.90. The number of esters is 1. The second-order valence-electron chi connectivity index (χ2n) is 2.56. The van der Waals surface area contributed by atoms with Crippen molar-refractivity contribution in [1.82, 2.24) is 0 Å². The van der Waals surface area contributed by atoms with Gasteiger partial charge in [0.05, 0.1) is 12.7 Å². The van der Waals surface area contributed by atoms with Crippen LogP contribution in [0, 0.1) is 0 Å². The third-order valence-corrected chi connectivity index (χ3v) is 1.67. The van der Waals surface area contributed by atoms with Gasteiger partial charge in [0.25, 0.3) is 0 Å². The van der Waals surface area contributed by atoms with E-state index in [1.165, 1.54) is 7.11 Å². The predicted molar refractivity (Wildman–Crippen MR) is 47.5 cm³/mol. The summed E-state index contributed by atoms with van der Waals surface area (Å²) < 4.78 is 4.54. The first kappa shape index (κ1) is 9.45. The molecule has 1 aromatic carbocycles. The molecule has 0 fully saturated rings. The molecule has 13 heavy (non-hydrogen) atoms. The van der Waals surface area contributed by atoms with Gasteiger partial charge < -0.3 is 9.53 Å². The molecule has 0 radical (unpaired) electrons. The molecule has 0 aromatic heterocycles. The van der Waals surface area contributed by atoms with Crippen molar-refractivity contribution >= 4 is 12.3 Å². The highest BCUT2D eigenvalue weighted by Crippen LogP contribution is 2.06. The summed E-state index contributed by atoms with van der Waals surface area (Å²) in [5.41, 5.74) is 1.29. The molecule has 0 unspecified atom stereocenters. The highest BCUT2D eigenvalue weighted by atomic mass is 16.5. The topological polar surface area (TPSA) is 43.4 Å². The largest absolute Gasteiger partial charge is 0.465 e. The van der Waals surface area contributed by atoms with E-state index in [4.69, 9.17) is 0 Å². The Morgan fingerprint density at radius 1 is 1.54 bits per heavy atom. The third kappa shape index (κ3) is 2.40. The first-order chi connectivity index (χ1) is 6.27. The average Bonchev–Trinajstić information content (AvgIpc) is 2.18. The van der Waals surface area contributed by atoms with Crippen LogP contribution in [0.4, 0.5) is 0 Å². The van der Waals surface area contributed by atoms with Gasteiger partial charge in [0.15, 0.2) is 0 Å². The van der Waals surface area contributed by atoms with E-state index < -0.39 is 0 Å². The fourth-order valence-electron chi connectivity index (χ4n) is 1.04. The summed E-state index contributed by atoms with van der Waals surface area (Å²) in [5.74, 6) is -0.382. The average molecular weight is 178 g/mol. The molecule has 1 aromatic rings. The van der Waals surface area contributed by atoms with Crippen LogP contribution in [0.5, 0.6) is 0 Å². The van der Waals surface area contributed by atoms with Gasteiger partial charge in [-0.2, -0.15) is 0 Å². The van der Waals surface area contributed by atoms with Crippen LogP contribution in [0.25, 0.3) is 0 Å². The molecule has 0 bridgehead atoms. The van der Waals surface area contributed by atoms with Crippen LogP contribution >= 0.6 is 0 Å². The number of ether oxygens (including phenoxy) is 1. The number of methoxy groups -OCH3 is 1. The van der Waals surface area contributed by atoms with Crippen LogP contribution in [0.1, 0.15) is 15.9 Å². The molecule has 0 aliphatic carbocycles. The molecule has 1 rings (SSSR count). The molecule has 3 heteroatoms. The minimum atomic E-state index is -0.382. The number of hydrogen-bond acceptors (Lipinski definition) is 3. The second-order valence-corrected chi connectivity index (χ2v) is 2.56. The number of rotatable bonds is 3. The monoisotopic (exact) mass is 178 g/mol. The maximum absolute atomic E-state index is 11.1. The van der Waals surface area contributed by atoms with Crippen molar-refractivity contribution in [3.8, 4) is 0 Å². The van der Waals surface area contributed by atoms with Gasteiger partial charge in [-0.1, -0.05) is 12.1 Å². The Hall–Kier alpha value is -1.64. The molecule has 0 amide bonds. The molecule has 0 saturated heterocycles. The van der Waals surface area contributed by atoms with E-state index in [0.717, 1.165) is 11.8 Å². The summed E-state index contributed by atoms with van der Waals surface area (Å²) in [6.45, 7) is 0. The van der Waals surface area contributed by atoms with E-state index in [0.29, 0.717) is 12.0 Å². The number of aldehydes is 1. The van der Waals surface area contributed by atoms with E-state index in [2.05, 4.69) is 4.74 Å². The Morgan fingerprint density at radius 2 is 2.31 bits per heavy atom. The first-order valence-corrected chi connectivity index (χ1v) is 3.89. The summed E-state index contributed by atoms with van der Waals surface area (Å²) in [4.78, 5) is 21.3. The molecule has 3 nitrogen and oxygen atoms in total. The van der Waals surface area contributed by atoms with Crippen molar-refractivity contribution in [2.24, 2.45) is 0 Å². The Kier molecular flexibility index (Phi) is 3.20. The smallest absolute Gasteiger partial charge is 0.337 e. The zero-order chi connectivity index (χ0) is 9.68. The lowest BCUT2D eigenvalue weighted by molar-refractivity contribution is -0.107. The first-order valence-electron chi connectivity index (χ1n) is 3.89. The zero-order valence-electron chi connectivity index (χ0n) is 7.32. The maximum atomic E-state index is 11.1. The maximum Gasteiger partial charge on any atom is 0.337 e. The summed E-state index contributed by atoms with van der Waals surface area (Å²) in [6.07, 6.45) is 1.13. The molecular weight excluding hydrogens is 168 g/mol. The molecule has 0 aliphatic heterocycles. The standard InChI is InChI=1S/C10H10O3/c1-13-10(12)9-4-2-3-8(7-9)5-6-11/h2-4,6-7H,5H2,1H3. The number of carbonyl (C=O) groups excluding carboxylic acids is 2. The molecule has 0 atom stereocenters. The van der Waals surface area contributed by atoms with Crippen molar-refractivity contribution in [3.63, 3.8) is 0 Å². The Labute approximate surface area is 76.3 Å². The van der Waals surface area contributed by atoms with E-state index >= 15 is 0 Å². The molecular formula is C10H10O3. The predicted octanol–water partition coefficient (Wildman–Crippen LogP) is 1.21. The van der Waals surface area contributed by atoms with E-state index in [9.17, 15) is 9.59 Å². The molecule has 68 valence electrons. The number of benzene rings is 1. The number of hydrogen-bond donors (Lipinski definition) is 0. The van der Waals surface area contributed by atoms with Crippen molar-refractivity contribution in [2.75, 3.05) is 7.11 Å². The van der Waals surface area contributed by atoms with Crippen LogP contribution < -0.4 is 0 Å². The normalized spacial score (nSPS) is 9.31. The van der Waals surface area contributed by atoms with E-state index in [1.807, 2.05) is 0 Å². The minimum absolute atomic E-state index is 0.324. The second kappa shape index (κ2) is 4.40. The zero-order valence-corrected chi connectivity index (χ0v) is 7.32. The highest BCUT2D eigenvalue weighted by Gasteiger charge is 2.04.